The summed E-state index contributed by atoms with van der Waals surface area (Å²) >= 11 is 5.87. The SMILES string of the molecule is CC1N=Nc2c(Cl)c(C#N)c(C#N)n21. The van der Waals surface area contributed by atoms with Crippen molar-refractivity contribution in [3.8, 4) is 12.1 Å². The molecule has 2 rings (SSSR count). The molecule has 1 aliphatic rings. The Balaban J connectivity index is 2.83. The Morgan fingerprint density at radius 2 is 2.14 bits per heavy atom. The number of hydrogen-bond donors (Lipinski definition) is 0. The Bertz CT molecular complexity index is 513. The van der Waals surface area contributed by atoms with Gasteiger partial charge in [0.15, 0.2) is 5.82 Å². The minimum atomic E-state index is -0.265. The molecule has 1 aromatic rings. The van der Waals surface area contributed by atoms with Gasteiger partial charge in [0.1, 0.15) is 34.6 Å². The number of hydrogen-bond acceptors (Lipinski definition) is 4. The van der Waals surface area contributed by atoms with Crippen LogP contribution in [0, 0.1) is 22.7 Å². The molecule has 2 heterocycles. The third-order valence-corrected chi connectivity index (χ3v) is 2.39. The minimum absolute atomic E-state index is 0.176. The third kappa shape index (κ3) is 0.876. The van der Waals surface area contributed by atoms with Crippen molar-refractivity contribution in [1.82, 2.24) is 4.57 Å². The van der Waals surface area contributed by atoms with Crippen molar-refractivity contribution in [1.29, 1.82) is 10.5 Å². The standard InChI is InChI=1S/C8H4ClN5/c1-4-12-13-8-7(9)5(2-10)6(3-11)14(4)8/h4H,1H3. The molecule has 0 saturated heterocycles. The van der Waals surface area contributed by atoms with Crippen LogP contribution in [0.4, 0.5) is 5.82 Å². The first-order valence-electron chi connectivity index (χ1n) is 3.85. The van der Waals surface area contributed by atoms with Crippen LogP contribution in [0.2, 0.25) is 5.02 Å². The lowest BCUT2D eigenvalue weighted by molar-refractivity contribution is 0.598. The van der Waals surface area contributed by atoms with Gasteiger partial charge in [0.2, 0.25) is 0 Å². The number of nitriles is 2. The molecule has 0 fully saturated rings. The predicted octanol–water partition coefficient (Wildman–Crippen LogP) is 2.50. The first-order chi connectivity index (χ1) is 6.70. The highest BCUT2D eigenvalue weighted by Gasteiger charge is 2.28. The van der Waals surface area contributed by atoms with Crippen LogP contribution < -0.4 is 0 Å². The molecular formula is C8H4ClN5. The maximum atomic E-state index is 8.88. The van der Waals surface area contributed by atoms with E-state index in [1.807, 2.05) is 12.1 Å². The molecule has 5 nitrogen and oxygen atoms in total. The van der Waals surface area contributed by atoms with E-state index >= 15 is 0 Å². The quantitative estimate of drug-likeness (QED) is 0.652. The molecule has 1 aliphatic heterocycles. The molecular weight excluding hydrogens is 202 g/mol. The molecule has 1 unspecified atom stereocenters. The van der Waals surface area contributed by atoms with Gasteiger partial charge in [-0.3, -0.25) is 4.57 Å². The van der Waals surface area contributed by atoms with Crippen molar-refractivity contribution < 1.29 is 0 Å². The maximum Gasteiger partial charge on any atom is 0.178 e. The first kappa shape index (κ1) is 8.74. The van der Waals surface area contributed by atoms with Crippen LogP contribution >= 0.6 is 11.6 Å². The molecule has 0 bridgehead atoms. The second kappa shape index (κ2) is 2.83. The van der Waals surface area contributed by atoms with E-state index in [4.69, 9.17) is 22.1 Å². The van der Waals surface area contributed by atoms with Crippen molar-refractivity contribution in [3.05, 3.63) is 16.3 Å². The zero-order valence-electron chi connectivity index (χ0n) is 7.19. The number of aromatic nitrogens is 1. The average Bonchev–Trinajstić information content (AvgIpc) is 2.67. The molecule has 1 aromatic heterocycles. The van der Waals surface area contributed by atoms with E-state index in [9.17, 15) is 0 Å². The number of azo groups is 1. The van der Waals surface area contributed by atoms with Crippen molar-refractivity contribution in [2.45, 2.75) is 13.1 Å². The number of halogens is 1. The number of fused-ring (bicyclic) bond motifs is 1. The van der Waals surface area contributed by atoms with Gasteiger partial charge in [-0.2, -0.15) is 15.6 Å². The van der Waals surface area contributed by atoms with Gasteiger partial charge in [-0.1, -0.05) is 11.6 Å². The molecule has 6 heteroatoms. The van der Waals surface area contributed by atoms with Crippen LogP contribution in [0.25, 0.3) is 0 Å². The third-order valence-electron chi connectivity index (χ3n) is 2.03. The summed E-state index contributed by atoms with van der Waals surface area (Å²) in [6.07, 6.45) is -0.265. The molecule has 0 N–H and O–H groups in total. The largest absolute Gasteiger partial charge is 0.289 e. The molecule has 0 aromatic carbocycles. The fourth-order valence-electron chi connectivity index (χ4n) is 1.41. The zero-order valence-corrected chi connectivity index (χ0v) is 7.95. The van der Waals surface area contributed by atoms with Crippen LogP contribution in [0.1, 0.15) is 24.3 Å². The lowest BCUT2D eigenvalue weighted by Gasteiger charge is -2.02. The highest BCUT2D eigenvalue weighted by atomic mass is 35.5. The lowest BCUT2D eigenvalue weighted by atomic mass is 10.3. The number of rotatable bonds is 0. The fourth-order valence-corrected chi connectivity index (χ4v) is 1.67. The smallest absolute Gasteiger partial charge is 0.178 e. The maximum absolute atomic E-state index is 8.88. The van der Waals surface area contributed by atoms with Gasteiger partial charge in [-0.15, -0.1) is 5.11 Å². The van der Waals surface area contributed by atoms with Crippen LogP contribution in [0.15, 0.2) is 10.2 Å². The Kier molecular flexibility index (Phi) is 1.77. The van der Waals surface area contributed by atoms with E-state index in [0.29, 0.717) is 5.82 Å². The number of nitrogens with zero attached hydrogens (tertiary/aromatic N) is 5. The monoisotopic (exact) mass is 205 g/mol. The van der Waals surface area contributed by atoms with Crippen LogP contribution in [-0.4, -0.2) is 4.57 Å². The van der Waals surface area contributed by atoms with Crippen LogP contribution in [0.3, 0.4) is 0 Å². The summed E-state index contributed by atoms with van der Waals surface area (Å²) in [4.78, 5) is 0. The van der Waals surface area contributed by atoms with E-state index in [1.54, 1.807) is 11.5 Å². The Morgan fingerprint density at radius 3 is 2.71 bits per heavy atom. The van der Waals surface area contributed by atoms with Crippen molar-refractivity contribution in [2.75, 3.05) is 0 Å². The zero-order chi connectivity index (χ0) is 10.3. The summed E-state index contributed by atoms with van der Waals surface area (Å²) in [6.45, 7) is 1.78. The van der Waals surface area contributed by atoms with E-state index in [1.165, 1.54) is 0 Å². The van der Waals surface area contributed by atoms with E-state index in [-0.39, 0.29) is 22.4 Å². The Hall–Kier alpha value is -1.85. The van der Waals surface area contributed by atoms with E-state index in [2.05, 4.69) is 10.2 Å². The van der Waals surface area contributed by atoms with Gasteiger partial charge in [0, 0.05) is 0 Å². The highest BCUT2D eigenvalue weighted by molar-refractivity contribution is 6.34. The Labute approximate surface area is 84.8 Å². The minimum Gasteiger partial charge on any atom is -0.289 e. The summed E-state index contributed by atoms with van der Waals surface area (Å²) in [5.41, 5.74) is 0.402. The second-order valence-corrected chi connectivity index (χ2v) is 3.18. The molecule has 0 amide bonds. The lowest BCUT2D eigenvalue weighted by Crippen LogP contribution is -2.00. The predicted molar refractivity (Wildman–Crippen MR) is 48.1 cm³/mol. The Morgan fingerprint density at radius 1 is 1.43 bits per heavy atom. The van der Waals surface area contributed by atoms with Crippen molar-refractivity contribution in [2.24, 2.45) is 10.2 Å². The van der Waals surface area contributed by atoms with E-state index in [0.717, 1.165) is 0 Å². The van der Waals surface area contributed by atoms with Gasteiger partial charge < -0.3 is 0 Å². The van der Waals surface area contributed by atoms with Crippen molar-refractivity contribution in [3.63, 3.8) is 0 Å². The molecule has 1 atom stereocenters. The van der Waals surface area contributed by atoms with Crippen LogP contribution in [-0.2, 0) is 0 Å². The normalized spacial score (nSPS) is 17.6. The summed E-state index contributed by atoms with van der Waals surface area (Å²) in [7, 11) is 0. The van der Waals surface area contributed by atoms with Gasteiger partial charge in [-0.25, -0.2) is 0 Å². The molecule has 68 valence electrons. The summed E-state index contributed by atoms with van der Waals surface area (Å²) < 4.78 is 1.56. The molecule has 0 aliphatic carbocycles. The van der Waals surface area contributed by atoms with Gasteiger partial charge >= 0.3 is 0 Å². The summed E-state index contributed by atoms with van der Waals surface area (Å²) in [6, 6.07) is 3.82. The first-order valence-corrected chi connectivity index (χ1v) is 4.23. The van der Waals surface area contributed by atoms with Gasteiger partial charge in [0.25, 0.3) is 0 Å². The van der Waals surface area contributed by atoms with Crippen molar-refractivity contribution >= 4 is 17.4 Å². The molecule has 0 saturated carbocycles. The topological polar surface area (TPSA) is 77.2 Å². The molecule has 0 spiro atoms. The summed E-state index contributed by atoms with van der Waals surface area (Å²) in [5.74, 6) is 0.396. The molecule has 14 heavy (non-hydrogen) atoms. The van der Waals surface area contributed by atoms with Crippen LogP contribution in [0.5, 0.6) is 0 Å². The van der Waals surface area contributed by atoms with Gasteiger partial charge in [0.05, 0.1) is 0 Å². The van der Waals surface area contributed by atoms with E-state index < -0.39 is 0 Å². The second-order valence-electron chi connectivity index (χ2n) is 2.80. The highest BCUT2D eigenvalue weighted by Crippen LogP contribution is 2.40. The molecule has 0 radical (unpaired) electrons. The average molecular weight is 206 g/mol. The summed E-state index contributed by atoms with van der Waals surface area (Å²) in [5, 5.41) is 25.6. The van der Waals surface area contributed by atoms with Gasteiger partial charge in [-0.05, 0) is 6.92 Å². The fraction of sp³-hybridized carbons (Fsp3) is 0.250.